The summed E-state index contributed by atoms with van der Waals surface area (Å²) < 4.78 is 18.1. The quantitative estimate of drug-likeness (QED) is 0.124. The van der Waals surface area contributed by atoms with E-state index in [0.717, 1.165) is 52.1 Å². The first-order valence-electron chi connectivity index (χ1n) is 20.0. The molecule has 0 radical (unpaired) electrons. The van der Waals surface area contributed by atoms with Gasteiger partial charge in [0, 0.05) is 61.0 Å². The van der Waals surface area contributed by atoms with Gasteiger partial charge in [0.05, 0.1) is 36.2 Å². The lowest BCUT2D eigenvalue weighted by Gasteiger charge is -2.42. The summed E-state index contributed by atoms with van der Waals surface area (Å²) >= 11 is 0. The van der Waals surface area contributed by atoms with Crippen LogP contribution in [0.4, 0.5) is 16.3 Å². The van der Waals surface area contributed by atoms with E-state index >= 15 is 0 Å². The van der Waals surface area contributed by atoms with Crippen LogP contribution in [0, 0.1) is 16.7 Å². The van der Waals surface area contributed by atoms with Crippen LogP contribution in [0.15, 0.2) is 66.7 Å². The molecular formula is C44H51N7O5. The molecule has 2 atom stereocenters. The average Bonchev–Trinajstić information content (AvgIpc) is 3.94. The molecule has 292 valence electrons. The maximum atomic E-state index is 13.4. The summed E-state index contributed by atoms with van der Waals surface area (Å²) in [6.45, 7) is 9.93. The summed E-state index contributed by atoms with van der Waals surface area (Å²) in [5, 5.41) is 11.9. The minimum Gasteiger partial charge on any atom is -0.462 e. The summed E-state index contributed by atoms with van der Waals surface area (Å²) in [6, 6.07) is 25.0. The molecule has 1 saturated carbocycles. The Morgan fingerprint density at radius 1 is 0.911 bits per heavy atom. The number of aromatic nitrogens is 2. The number of hydrogen-bond donors (Lipinski definition) is 0. The molecule has 1 amide bonds. The number of nitrogens with zero attached hydrogens (tertiary/aromatic N) is 7. The van der Waals surface area contributed by atoms with Gasteiger partial charge in [0.1, 0.15) is 24.8 Å². The summed E-state index contributed by atoms with van der Waals surface area (Å²) in [4.78, 5) is 45.3. The number of ether oxygens (including phenoxy) is 3. The van der Waals surface area contributed by atoms with Crippen molar-refractivity contribution in [3.8, 4) is 17.8 Å². The zero-order valence-electron chi connectivity index (χ0n) is 32.7. The van der Waals surface area contributed by atoms with E-state index < -0.39 is 11.5 Å². The van der Waals surface area contributed by atoms with Gasteiger partial charge in [0.15, 0.2) is 0 Å². The van der Waals surface area contributed by atoms with Crippen LogP contribution in [0.25, 0.3) is 10.8 Å². The Morgan fingerprint density at radius 3 is 2.50 bits per heavy atom. The van der Waals surface area contributed by atoms with E-state index in [0.29, 0.717) is 69.6 Å². The van der Waals surface area contributed by atoms with Gasteiger partial charge in [-0.2, -0.15) is 15.2 Å². The maximum absolute atomic E-state index is 13.4. The number of esters is 1. The second-order valence-electron chi connectivity index (χ2n) is 16.5. The fourth-order valence-electron chi connectivity index (χ4n) is 8.23. The monoisotopic (exact) mass is 757 g/mol. The molecule has 1 aromatic heterocycles. The van der Waals surface area contributed by atoms with E-state index in [4.69, 9.17) is 24.2 Å². The fourth-order valence-corrected chi connectivity index (χ4v) is 8.23. The summed E-state index contributed by atoms with van der Waals surface area (Å²) in [7, 11) is 0. The predicted molar refractivity (Wildman–Crippen MR) is 214 cm³/mol. The Kier molecular flexibility index (Phi) is 10.7. The highest BCUT2D eigenvalue weighted by molar-refractivity contribution is 5.96. The molecule has 0 N–H and O–H groups in total. The van der Waals surface area contributed by atoms with Gasteiger partial charge in [-0.25, -0.2) is 4.79 Å². The lowest BCUT2D eigenvalue weighted by atomic mass is 9.97. The molecule has 2 saturated heterocycles. The molecule has 0 unspecified atom stereocenters. The molecule has 4 aliphatic rings. The number of amides is 1. The second-order valence-corrected chi connectivity index (χ2v) is 16.5. The minimum atomic E-state index is -0.645. The molecule has 8 rings (SSSR count). The van der Waals surface area contributed by atoms with Crippen LogP contribution >= 0.6 is 0 Å². The van der Waals surface area contributed by atoms with E-state index in [1.807, 2.05) is 81.4 Å². The second kappa shape index (κ2) is 16.0. The highest BCUT2D eigenvalue weighted by atomic mass is 16.6. The van der Waals surface area contributed by atoms with Gasteiger partial charge in [-0.1, -0.05) is 54.6 Å². The first-order chi connectivity index (χ1) is 27.1. The molecule has 0 bridgehead atoms. The Bertz CT molecular complexity index is 2110. The molecular weight excluding hydrogens is 707 g/mol. The number of carbonyl (C=O) groups excluding carboxylic acids is 2. The van der Waals surface area contributed by atoms with Crippen molar-refractivity contribution < 1.29 is 23.8 Å². The molecule has 56 heavy (non-hydrogen) atoms. The van der Waals surface area contributed by atoms with Crippen molar-refractivity contribution in [2.45, 2.75) is 90.6 Å². The average molecular weight is 758 g/mol. The van der Waals surface area contributed by atoms with Crippen molar-refractivity contribution in [3.05, 3.63) is 83.6 Å². The van der Waals surface area contributed by atoms with Gasteiger partial charge >= 0.3 is 18.1 Å². The van der Waals surface area contributed by atoms with Crippen LogP contribution in [0.2, 0.25) is 0 Å². The number of fused-ring (bicyclic) bond motifs is 2. The first-order valence-corrected chi connectivity index (χ1v) is 20.0. The number of anilines is 2. The lowest BCUT2D eigenvalue weighted by Crippen LogP contribution is -2.55. The zero-order chi connectivity index (χ0) is 38.8. The van der Waals surface area contributed by atoms with Gasteiger partial charge in [0.25, 0.3) is 0 Å². The van der Waals surface area contributed by atoms with Gasteiger partial charge in [-0.15, -0.1) is 0 Å². The van der Waals surface area contributed by atoms with Crippen molar-refractivity contribution in [1.82, 2.24) is 19.8 Å². The number of nitriles is 1. The predicted octanol–water partition coefficient (Wildman–Crippen LogP) is 6.89. The summed E-state index contributed by atoms with van der Waals surface area (Å²) in [5.41, 5.74) is 3.16. The van der Waals surface area contributed by atoms with E-state index in [1.54, 1.807) is 4.90 Å². The molecule has 0 spiro atoms. The fraction of sp³-hybridized carbons (Fsp3) is 0.477. The number of likely N-dealkylation sites (tertiary alicyclic amines) is 1. The van der Waals surface area contributed by atoms with Crippen LogP contribution in [0.3, 0.4) is 0 Å². The van der Waals surface area contributed by atoms with Crippen molar-refractivity contribution in [2.24, 2.45) is 5.41 Å². The maximum Gasteiger partial charge on any atom is 0.410 e. The number of rotatable bonds is 10. The van der Waals surface area contributed by atoms with Gasteiger partial charge in [-0.05, 0) is 76.4 Å². The van der Waals surface area contributed by atoms with Crippen molar-refractivity contribution in [1.29, 1.82) is 5.26 Å². The van der Waals surface area contributed by atoms with Crippen molar-refractivity contribution >= 4 is 34.3 Å². The van der Waals surface area contributed by atoms with E-state index in [-0.39, 0.29) is 25.0 Å². The van der Waals surface area contributed by atoms with Crippen LogP contribution in [0.5, 0.6) is 11.8 Å². The zero-order valence-corrected chi connectivity index (χ0v) is 32.7. The Morgan fingerprint density at radius 2 is 1.71 bits per heavy atom. The normalized spacial score (nSPS) is 20.1. The van der Waals surface area contributed by atoms with Crippen LogP contribution in [0.1, 0.15) is 69.7 Å². The van der Waals surface area contributed by atoms with E-state index in [1.165, 1.54) is 19.3 Å². The largest absolute Gasteiger partial charge is 0.462 e. The van der Waals surface area contributed by atoms with Gasteiger partial charge < -0.3 is 28.9 Å². The van der Waals surface area contributed by atoms with Crippen LogP contribution in [-0.2, 0) is 29.1 Å². The topological polar surface area (TPSA) is 124 Å². The number of benzene rings is 3. The highest BCUT2D eigenvalue weighted by Gasteiger charge is 2.38. The van der Waals surface area contributed by atoms with Crippen LogP contribution in [-0.4, -0.2) is 89.3 Å². The Hall–Kier alpha value is -5.41. The van der Waals surface area contributed by atoms with E-state index in [2.05, 4.69) is 26.8 Å². The Balaban J connectivity index is 1.08. The van der Waals surface area contributed by atoms with Gasteiger partial charge in [0.2, 0.25) is 0 Å². The summed E-state index contributed by atoms with van der Waals surface area (Å²) in [5.74, 6) is 1.02. The third-order valence-corrected chi connectivity index (χ3v) is 11.4. The molecule has 12 nitrogen and oxygen atoms in total. The molecule has 3 aliphatic heterocycles. The first kappa shape index (κ1) is 37.5. The third-order valence-electron chi connectivity index (χ3n) is 11.4. The Labute approximate surface area is 328 Å². The molecule has 3 fully saturated rings. The lowest BCUT2D eigenvalue weighted by molar-refractivity contribution is -0.142. The third kappa shape index (κ3) is 8.24. The smallest absolute Gasteiger partial charge is 0.410 e. The number of hydrogen-bond acceptors (Lipinski definition) is 11. The number of carbonyl (C=O) groups is 2. The highest BCUT2D eigenvalue weighted by Crippen LogP contribution is 2.38. The van der Waals surface area contributed by atoms with Crippen molar-refractivity contribution in [2.75, 3.05) is 49.1 Å². The van der Waals surface area contributed by atoms with E-state index in [9.17, 15) is 14.9 Å². The summed E-state index contributed by atoms with van der Waals surface area (Å²) in [6.07, 6.45) is 5.21. The van der Waals surface area contributed by atoms with Crippen LogP contribution < -0.4 is 19.3 Å². The molecule has 1 aliphatic carbocycles. The standard InChI is InChI=1S/C44H51N7O5/c1-44(2,3)41(52)56-35-24-31-12-7-8-14-36(31)39(25-35)48-21-18-37-38(27-48)46-42(54-29-34-13-9-20-50(34)32-15-16-32)47-40(37)49-22-23-51(33(26-49)17-19-45)43(53)55-28-30-10-5-4-6-11-30/h4-8,10-12,14,24-25,32-34H,9,13,15-18,20-23,26-29H2,1-3H3/t33-,34-/m0/s1. The molecule has 3 aromatic carbocycles. The molecule has 4 aromatic rings. The van der Waals surface area contributed by atoms with Crippen molar-refractivity contribution in [3.63, 3.8) is 0 Å². The number of piperazine rings is 1. The van der Waals surface area contributed by atoms with Gasteiger partial charge in [-0.3, -0.25) is 9.69 Å². The minimum absolute atomic E-state index is 0.170. The molecule has 12 heteroatoms. The SMILES string of the molecule is CC(C)(C)C(=O)Oc1cc(N2CCc3c(nc(OC[C@@H]4CCCN4C4CC4)nc3N3CCN(C(=O)OCc4ccccc4)[C@@H](CC#N)C3)C2)c2ccccc2c1. The molecule has 4 heterocycles.